The molecule has 0 bridgehead atoms. The van der Waals surface area contributed by atoms with Crippen LogP contribution in [-0.2, 0) is 4.74 Å². The highest BCUT2D eigenvalue weighted by Crippen LogP contribution is 2.13. The number of nitrogens with zero attached hydrogens (tertiary/aromatic N) is 1. The minimum atomic E-state index is 0.503. The second kappa shape index (κ2) is 6.41. The van der Waals surface area contributed by atoms with Crippen LogP contribution in [0.2, 0.25) is 0 Å². The van der Waals surface area contributed by atoms with Gasteiger partial charge in [-0.3, -0.25) is 4.90 Å². The maximum atomic E-state index is 5.55. The van der Waals surface area contributed by atoms with Crippen LogP contribution in [0.5, 0.6) is 0 Å². The minimum Gasteiger partial charge on any atom is -0.379 e. The van der Waals surface area contributed by atoms with Crippen LogP contribution >= 0.6 is 12.2 Å². The van der Waals surface area contributed by atoms with Gasteiger partial charge in [-0.2, -0.15) is 0 Å². The molecule has 18 heavy (non-hydrogen) atoms. The summed E-state index contributed by atoms with van der Waals surface area (Å²) < 4.78 is 5.38. The molecule has 0 aromatic heterocycles. The predicted octanol–water partition coefficient (Wildman–Crippen LogP) is 2.82. The van der Waals surface area contributed by atoms with Crippen molar-refractivity contribution < 1.29 is 4.74 Å². The fourth-order valence-electron chi connectivity index (χ4n) is 2.27. The van der Waals surface area contributed by atoms with E-state index in [0.717, 1.165) is 37.6 Å². The normalized spacial score (nSPS) is 18.6. The summed E-state index contributed by atoms with van der Waals surface area (Å²) in [6, 6.07) is 9.01. The quantitative estimate of drug-likeness (QED) is 0.612. The van der Waals surface area contributed by atoms with E-state index in [2.05, 4.69) is 43.0 Å². The average molecular weight is 263 g/mol. The van der Waals surface area contributed by atoms with Crippen molar-refractivity contribution >= 4 is 17.1 Å². The number of thiocarbonyl (C=S) groups is 1. The molecular weight excluding hydrogens is 242 g/mol. The highest BCUT2D eigenvalue weighted by molar-refractivity contribution is 7.80. The van der Waals surface area contributed by atoms with Crippen LogP contribution in [0.4, 0.5) is 0 Å². The molecule has 3 heteroatoms. The number of hydrogen-bond acceptors (Lipinski definition) is 3. The molecule has 1 aliphatic heterocycles. The van der Waals surface area contributed by atoms with Crippen molar-refractivity contribution in [1.82, 2.24) is 4.90 Å². The fraction of sp³-hybridized carbons (Fsp3) is 0.533. The number of morpholine rings is 1. The molecule has 1 aromatic carbocycles. The van der Waals surface area contributed by atoms with Crippen LogP contribution in [0, 0.1) is 6.92 Å². The number of aryl methyl sites for hydroxylation is 1. The van der Waals surface area contributed by atoms with Crippen LogP contribution in [0.3, 0.4) is 0 Å². The molecule has 0 spiro atoms. The zero-order valence-corrected chi connectivity index (χ0v) is 12.0. The van der Waals surface area contributed by atoms with Gasteiger partial charge in [-0.1, -0.05) is 42.0 Å². The Morgan fingerprint density at radius 3 is 2.50 bits per heavy atom. The van der Waals surface area contributed by atoms with E-state index in [9.17, 15) is 0 Å². The van der Waals surface area contributed by atoms with Crippen molar-refractivity contribution in [2.24, 2.45) is 0 Å². The Kier molecular flexibility index (Phi) is 4.87. The lowest BCUT2D eigenvalue weighted by Gasteiger charge is -2.32. The third-order valence-electron chi connectivity index (χ3n) is 3.52. The zero-order chi connectivity index (χ0) is 13.0. The summed E-state index contributed by atoms with van der Waals surface area (Å²) >= 11 is 5.55. The molecule has 1 fully saturated rings. The molecule has 1 heterocycles. The van der Waals surface area contributed by atoms with Gasteiger partial charge < -0.3 is 4.74 Å². The first-order chi connectivity index (χ1) is 8.66. The van der Waals surface area contributed by atoms with Crippen LogP contribution in [0.15, 0.2) is 24.3 Å². The lowest BCUT2D eigenvalue weighted by Crippen LogP contribution is -2.42. The highest BCUT2D eigenvalue weighted by atomic mass is 32.1. The number of hydrogen-bond donors (Lipinski definition) is 0. The lowest BCUT2D eigenvalue weighted by molar-refractivity contribution is 0.0217. The molecule has 1 aromatic rings. The molecular formula is C15H21NOS. The monoisotopic (exact) mass is 263 g/mol. The second-order valence-corrected chi connectivity index (χ2v) is 5.48. The van der Waals surface area contributed by atoms with Crippen molar-refractivity contribution in [2.75, 3.05) is 26.3 Å². The highest BCUT2D eigenvalue weighted by Gasteiger charge is 2.18. The van der Waals surface area contributed by atoms with E-state index in [4.69, 9.17) is 17.0 Å². The summed E-state index contributed by atoms with van der Waals surface area (Å²) in [7, 11) is 0. The largest absolute Gasteiger partial charge is 0.379 e. The Labute approximate surface area is 115 Å². The van der Waals surface area contributed by atoms with Gasteiger partial charge in [0.1, 0.15) is 0 Å². The van der Waals surface area contributed by atoms with Crippen molar-refractivity contribution in [3.05, 3.63) is 35.4 Å². The molecule has 1 saturated heterocycles. The molecule has 1 atom stereocenters. The van der Waals surface area contributed by atoms with Gasteiger partial charge in [0.15, 0.2) is 0 Å². The lowest BCUT2D eigenvalue weighted by atomic mass is 10.0. The van der Waals surface area contributed by atoms with E-state index in [1.165, 1.54) is 11.1 Å². The van der Waals surface area contributed by atoms with E-state index in [1.54, 1.807) is 0 Å². The van der Waals surface area contributed by atoms with Crippen LogP contribution in [-0.4, -0.2) is 42.1 Å². The fourth-order valence-corrected chi connectivity index (χ4v) is 2.65. The van der Waals surface area contributed by atoms with E-state index in [1.807, 2.05) is 0 Å². The first kappa shape index (κ1) is 13.7. The van der Waals surface area contributed by atoms with Crippen molar-refractivity contribution in [1.29, 1.82) is 0 Å². The zero-order valence-electron chi connectivity index (χ0n) is 11.2. The molecule has 98 valence electrons. The molecule has 0 radical (unpaired) electrons. The third-order valence-corrected chi connectivity index (χ3v) is 3.93. The van der Waals surface area contributed by atoms with Gasteiger partial charge in [-0.15, -0.1) is 0 Å². The average Bonchev–Trinajstić information content (AvgIpc) is 2.40. The Bertz CT molecular complexity index is 395. The van der Waals surface area contributed by atoms with E-state index in [0.29, 0.717) is 6.04 Å². The number of rotatable bonds is 4. The van der Waals surface area contributed by atoms with Gasteiger partial charge in [0, 0.05) is 24.0 Å². The molecule has 2 nitrogen and oxygen atoms in total. The Hall–Kier alpha value is -0.770. The topological polar surface area (TPSA) is 12.5 Å². The van der Waals surface area contributed by atoms with E-state index in [-0.39, 0.29) is 0 Å². The van der Waals surface area contributed by atoms with Gasteiger partial charge in [0.2, 0.25) is 0 Å². The number of ether oxygens (including phenoxy) is 1. The minimum absolute atomic E-state index is 0.503. The number of benzene rings is 1. The van der Waals surface area contributed by atoms with Gasteiger partial charge >= 0.3 is 0 Å². The molecule has 1 unspecified atom stereocenters. The van der Waals surface area contributed by atoms with E-state index < -0.39 is 0 Å². The third kappa shape index (κ3) is 3.61. The summed E-state index contributed by atoms with van der Waals surface area (Å²) in [6.45, 7) is 8.10. The smallest absolute Gasteiger partial charge is 0.0594 e. The molecule has 0 N–H and O–H groups in total. The SMILES string of the molecule is Cc1ccc(C(=S)CC(C)N2CCOCC2)cc1. The van der Waals surface area contributed by atoms with Gasteiger partial charge in [-0.25, -0.2) is 0 Å². The summed E-state index contributed by atoms with van der Waals surface area (Å²) in [6.07, 6.45) is 0.957. The summed E-state index contributed by atoms with van der Waals surface area (Å²) in [4.78, 5) is 3.53. The molecule has 0 aliphatic carbocycles. The summed E-state index contributed by atoms with van der Waals surface area (Å²) in [5, 5.41) is 0. The predicted molar refractivity (Wildman–Crippen MR) is 79.4 cm³/mol. The Balaban J connectivity index is 1.91. The van der Waals surface area contributed by atoms with Crippen molar-refractivity contribution in [3.8, 4) is 0 Å². The first-order valence-corrected chi connectivity index (χ1v) is 6.99. The van der Waals surface area contributed by atoms with Gasteiger partial charge in [0.25, 0.3) is 0 Å². The van der Waals surface area contributed by atoms with Crippen molar-refractivity contribution in [3.63, 3.8) is 0 Å². The summed E-state index contributed by atoms with van der Waals surface area (Å²) in [5.74, 6) is 0. The van der Waals surface area contributed by atoms with Crippen molar-refractivity contribution in [2.45, 2.75) is 26.3 Å². The Morgan fingerprint density at radius 2 is 1.89 bits per heavy atom. The first-order valence-electron chi connectivity index (χ1n) is 6.58. The Morgan fingerprint density at radius 1 is 1.28 bits per heavy atom. The maximum Gasteiger partial charge on any atom is 0.0594 e. The standard InChI is InChI=1S/C15H21NOS/c1-12-3-5-14(6-4-12)15(18)11-13(2)16-7-9-17-10-8-16/h3-6,13H,7-11H2,1-2H3. The van der Waals surface area contributed by atoms with Gasteiger partial charge in [-0.05, 0) is 25.8 Å². The maximum absolute atomic E-state index is 5.55. The van der Waals surface area contributed by atoms with Gasteiger partial charge in [0.05, 0.1) is 13.2 Å². The molecule has 0 saturated carbocycles. The van der Waals surface area contributed by atoms with E-state index >= 15 is 0 Å². The molecule has 1 aliphatic rings. The summed E-state index contributed by atoms with van der Waals surface area (Å²) in [5.41, 5.74) is 2.47. The van der Waals surface area contributed by atoms with Crippen LogP contribution in [0.1, 0.15) is 24.5 Å². The molecule has 2 rings (SSSR count). The van der Waals surface area contributed by atoms with Crippen LogP contribution in [0.25, 0.3) is 0 Å². The second-order valence-electron chi connectivity index (χ2n) is 4.99. The molecule has 0 amide bonds. The van der Waals surface area contributed by atoms with Crippen LogP contribution < -0.4 is 0 Å².